The molecule has 0 spiro atoms. The second kappa shape index (κ2) is 2.75. The number of ketones is 1. The summed E-state index contributed by atoms with van der Waals surface area (Å²) in [5.74, 6) is 1.48. The largest absolute Gasteiger partial charge is 0.299 e. The van der Waals surface area contributed by atoms with Crippen molar-refractivity contribution in [3.8, 4) is 0 Å². The topological polar surface area (TPSA) is 17.1 Å². The van der Waals surface area contributed by atoms with E-state index in [0.29, 0.717) is 17.6 Å². The Labute approximate surface area is 87.7 Å². The SMILES string of the molecule is CC1C(=O)[C@]2(C)CCC1C2(C)C.S. The number of hydrogen-bond acceptors (Lipinski definition) is 1. The highest BCUT2D eigenvalue weighted by atomic mass is 32.1. The molecule has 0 amide bonds. The summed E-state index contributed by atoms with van der Waals surface area (Å²) in [5.41, 5.74) is 0.251. The zero-order valence-electron chi connectivity index (χ0n) is 8.98. The molecule has 2 aliphatic rings. The molecule has 2 bridgehead atoms. The van der Waals surface area contributed by atoms with Gasteiger partial charge in [0.1, 0.15) is 5.78 Å². The Morgan fingerprint density at radius 1 is 1.31 bits per heavy atom. The molecular formula is C11H20OS. The molecule has 0 aromatic carbocycles. The zero-order valence-corrected chi connectivity index (χ0v) is 9.98. The molecule has 2 saturated carbocycles. The molecule has 13 heavy (non-hydrogen) atoms. The van der Waals surface area contributed by atoms with E-state index < -0.39 is 0 Å². The molecule has 2 rings (SSSR count). The van der Waals surface area contributed by atoms with Crippen LogP contribution in [0.15, 0.2) is 0 Å². The van der Waals surface area contributed by atoms with Crippen molar-refractivity contribution in [2.45, 2.75) is 40.5 Å². The smallest absolute Gasteiger partial charge is 0.142 e. The molecule has 3 atom stereocenters. The molecule has 2 fully saturated rings. The van der Waals surface area contributed by atoms with Crippen molar-refractivity contribution >= 4 is 19.3 Å². The standard InChI is InChI=1S/C11H18O.H2S/c1-7-8-5-6-11(4,9(7)12)10(8,2)3;/h7-8H,5-6H2,1-4H3;1H2/t7?,8?,11-;/m0./s1. The van der Waals surface area contributed by atoms with E-state index in [9.17, 15) is 4.79 Å². The minimum atomic E-state index is -0.00289. The third-order valence-electron chi connectivity index (χ3n) is 4.87. The van der Waals surface area contributed by atoms with Gasteiger partial charge in [0.2, 0.25) is 0 Å². The van der Waals surface area contributed by atoms with Gasteiger partial charge in [-0.2, -0.15) is 13.5 Å². The van der Waals surface area contributed by atoms with Gasteiger partial charge in [-0.15, -0.1) is 0 Å². The summed E-state index contributed by atoms with van der Waals surface area (Å²) >= 11 is 0. The maximum absolute atomic E-state index is 11.9. The monoisotopic (exact) mass is 200 g/mol. The van der Waals surface area contributed by atoms with Crippen LogP contribution in [0.1, 0.15) is 40.5 Å². The van der Waals surface area contributed by atoms with Gasteiger partial charge < -0.3 is 0 Å². The predicted octanol–water partition coefficient (Wildman–Crippen LogP) is 2.76. The number of hydrogen-bond donors (Lipinski definition) is 0. The molecule has 76 valence electrons. The third kappa shape index (κ3) is 0.984. The lowest BCUT2D eigenvalue weighted by atomic mass is 9.70. The van der Waals surface area contributed by atoms with Gasteiger partial charge in [-0.05, 0) is 24.2 Å². The first-order chi connectivity index (χ1) is 5.41. The van der Waals surface area contributed by atoms with Gasteiger partial charge in [-0.25, -0.2) is 0 Å². The minimum absolute atomic E-state index is 0. The number of fused-ring (bicyclic) bond motifs is 2. The van der Waals surface area contributed by atoms with Crippen molar-refractivity contribution in [2.75, 3.05) is 0 Å². The first-order valence-electron chi connectivity index (χ1n) is 4.95. The van der Waals surface area contributed by atoms with E-state index in [1.54, 1.807) is 0 Å². The second-order valence-electron chi connectivity index (χ2n) is 5.35. The molecule has 0 heterocycles. The van der Waals surface area contributed by atoms with Crippen LogP contribution < -0.4 is 0 Å². The Morgan fingerprint density at radius 2 is 1.85 bits per heavy atom. The summed E-state index contributed by atoms with van der Waals surface area (Å²) in [6.45, 7) is 8.82. The van der Waals surface area contributed by atoms with Crippen molar-refractivity contribution in [3.63, 3.8) is 0 Å². The van der Waals surface area contributed by atoms with Gasteiger partial charge in [0, 0.05) is 11.3 Å². The Kier molecular flexibility index (Phi) is 2.35. The molecule has 1 nitrogen and oxygen atoms in total. The minimum Gasteiger partial charge on any atom is -0.299 e. The Balaban J connectivity index is 0.000000845. The van der Waals surface area contributed by atoms with Crippen LogP contribution in [-0.2, 0) is 4.79 Å². The van der Waals surface area contributed by atoms with Gasteiger partial charge >= 0.3 is 0 Å². The lowest BCUT2D eigenvalue weighted by Gasteiger charge is -2.32. The summed E-state index contributed by atoms with van der Waals surface area (Å²) in [6, 6.07) is 0. The van der Waals surface area contributed by atoms with Gasteiger partial charge in [-0.1, -0.05) is 27.7 Å². The van der Waals surface area contributed by atoms with Crippen LogP contribution in [0, 0.1) is 22.7 Å². The van der Waals surface area contributed by atoms with E-state index in [-0.39, 0.29) is 24.3 Å². The van der Waals surface area contributed by atoms with Crippen molar-refractivity contribution in [2.24, 2.45) is 22.7 Å². The molecule has 0 saturated heterocycles. The van der Waals surface area contributed by atoms with E-state index in [2.05, 4.69) is 27.7 Å². The van der Waals surface area contributed by atoms with E-state index in [4.69, 9.17) is 0 Å². The maximum Gasteiger partial charge on any atom is 0.142 e. The highest BCUT2D eigenvalue weighted by molar-refractivity contribution is 7.59. The maximum atomic E-state index is 11.9. The zero-order chi connectivity index (χ0) is 9.15. The Hall–Kier alpha value is 0.0200. The van der Waals surface area contributed by atoms with E-state index >= 15 is 0 Å². The molecule has 0 N–H and O–H groups in total. The molecule has 2 heteroatoms. The number of carbonyl (C=O) groups excluding carboxylic acids is 1. The fourth-order valence-electron chi connectivity index (χ4n) is 3.54. The predicted molar refractivity (Wildman–Crippen MR) is 59.2 cm³/mol. The average Bonchev–Trinajstić information content (AvgIpc) is 2.26. The lowest BCUT2D eigenvalue weighted by Crippen LogP contribution is -2.33. The summed E-state index contributed by atoms with van der Waals surface area (Å²) in [6.07, 6.45) is 2.38. The van der Waals surface area contributed by atoms with E-state index in [0.717, 1.165) is 6.42 Å². The van der Waals surface area contributed by atoms with Crippen molar-refractivity contribution in [1.82, 2.24) is 0 Å². The van der Waals surface area contributed by atoms with Crippen LogP contribution in [0.3, 0.4) is 0 Å². The Morgan fingerprint density at radius 3 is 2.08 bits per heavy atom. The molecule has 0 radical (unpaired) electrons. The Bertz CT molecular complexity index is 246. The molecule has 2 aliphatic carbocycles. The summed E-state index contributed by atoms with van der Waals surface area (Å²) in [7, 11) is 0. The second-order valence-corrected chi connectivity index (χ2v) is 5.35. The summed E-state index contributed by atoms with van der Waals surface area (Å²) in [5, 5.41) is 0. The molecule has 0 aromatic rings. The molecule has 0 aromatic heterocycles. The highest BCUT2D eigenvalue weighted by Gasteiger charge is 2.64. The fraction of sp³-hybridized carbons (Fsp3) is 0.909. The lowest BCUT2D eigenvalue weighted by molar-refractivity contribution is -0.131. The van der Waals surface area contributed by atoms with Crippen molar-refractivity contribution in [1.29, 1.82) is 0 Å². The molecule has 2 unspecified atom stereocenters. The van der Waals surface area contributed by atoms with Crippen LogP contribution in [0.4, 0.5) is 0 Å². The first-order valence-corrected chi connectivity index (χ1v) is 4.95. The first kappa shape index (κ1) is 11.1. The summed E-state index contributed by atoms with van der Waals surface area (Å²) < 4.78 is 0. The van der Waals surface area contributed by atoms with Crippen molar-refractivity contribution in [3.05, 3.63) is 0 Å². The van der Waals surface area contributed by atoms with Crippen LogP contribution in [-0.4, -0.2) is 5.78 Å². The van der Waals surface area contributed by atoms with Crippen LogP contribution in [0.25, 0.3) is 0 Å². The van der Waals surface area contributed by atoms with Crippen LogP contribution in [0.2, 0.25) is 0 Å². The normalized spacial score (nSPS) is 46.3. The quantitative estimate of drug-likeness (QED) is 0.587. The van der Waals surface area contributed by atoms with Gasteiger partial charge in [0.05, 0.1) is 0 Å². The van der Waals surface area contributed by atoms with Crippen molar-refractivity contribution < 1.29 is 4.79 Å². The van der Waals surface area contributed by atoms with Crippen LogP contribution >= 0.6 is 13.5 Å². The van der Waals surface area contributed by atoms with Gasteiger partial charge in [-0.3, -0.25) is 4.79 Å². The number of Topliss-reactive ketones (excluding diaryl/α,β-unsaturated/α-hetero) is 1. The van der Waals surface area contributed by atoms with E-state index in [1.807, 2.05) is 0 Å². The van der Waals surface area contributed by atoms with Crippen LogP contribution in [0.5, 0.6) is 0 Å². The molecule has 0 aliphatic heterocycles. The summed E-state index contributed by atoms with van der Waals surface area (Å²) in [4.78, 5) is 11.9. The fourth-order valence-corrected chi connectivity index (χ4v) is 3.54. The third-order valence-corrected chi connectivity index (χ3v) is 4.87. The van der Waals surface area contributed by atoms with E-state index in [1.165, 1.54) is 6.42 Å². The average molecular weight is 200 g/mol. The van der Waals surface area contributed by atoms with Gasteiger partial charge in [0.25, 0.3) is 0 Å². The highest BCUT2D eigenvalue weighted by Crippen LogP contribution is 2.65. The number of rotatable bonds is 0. The number of carbonyl (C=O) groups is 1. The van der Waals surface area contributed by atoms with Gasteiger partial charge in [0.15, 0.2) is 0 Å². The molecular weight excluding hydrogens is 180 g/mol.